The monoisotopic (exact) mass is 229 g/mol. The van der Waals surface area contributed by atoms with Gasteiger partial charge < -0.3 is 16.4 Å². The molecule has 1 unspecified atom stereocenters. The van der Waals surface area contributed by atoms with Crippen LogP contribution in [0.15, 0.2) is 0 Å². The third-order valence-corrected chi connectivity index (χ3v) is 2.44. The zero-order valence-corrected chi connectivity index (χ0v) is 10.4. The van der Waals surface area contributed by atoms with Crippen LogP contribution >= 0.6 is 0 Å². The second-order valence-corrected chi connectivity index (χ2v) is 4.19. The molecule has 94 valence electrons. The van der Waals surface area contributed by atoms with Crippen LogP contribution in [0.3, 0.4) is 0 Å². The zero-order chi connectivity index (χ0) is 12.6. The molecule has 0 radical (unpaired) electrons. The van der Waals surface area contributed by atoms with Crippen molar-refractivity contribution in [2.45, 2.75) is 39.2 Å². The van der Waals surface area contributed by atoms with Gasteiger partial charge in [-0.3, -0.25) is 9.59 Å². The van der Waals surface area contributed by atoms with E-state index in [0.29, 0.717) is 13.0 Å². The lowest BCUT2D eigenvalue weighted by Crippen LogP contribution is -2.39. The predicted octanol–water partition coefficient (Wildman–Crippen LogP) is 0.00220. The normalized spacial score (nSPS) is 12.5. The molecule has 0 fully saturated rings. The van der Waals surface area contributed by atoms with Gasteiger partial charge >= 0.3 is 0 Å². The minimum absolute atomic E-state index is 0.0238. The van der Waals surface area contributed by atoms with Crippen LogP contribution in [0.2, 0.25) is 0 Å². The van der Waals surface area contributed by atoms with E-state index in [2.05, 4.69) is 10.6 Å². The molecule has 0 aliphatic heterocycles. The lowest BCUT2D eigenvalue weighted by molar-refractivity contribution is -0.124. The lowest BCUT2D eigenvalue weighted by Gasteiger charge is -2.12. The Kier molecular flexibility index (Phi) is 7.54. The summed E-state index contributed by atoms with van der Waals surface area (Å²) in [7, 11) is 1.72. The molecule has 5 nitrogen and oxygen atoms in total. The predicted molar refractivity (Wildman–Crippen MR) is 63.7 cm³/mol. The quantitative estimate of drug-likeness (QED) is 0.512. The Hall–Kier alpha value is -1.10. The second kappa shape index (κ2) is 8.10. The Bertz CT molecular complexity index is 229. The average molecular weight is 229 g/mol. The minimum Gasteiger partial charge on any atom is -0.368 e. The maximum Gasteiger partial charge on any atom is 0.234 e. The van der Waals surface area contributed by atoms with Gasteiger partial charge in [-0.2, -0.15) is 0 Å². The summed E-state index contributed by atoms with van der Waals surface area (Å²) in [4.78, 5) is 22.1. The van der Waals surface area contributed by atoms with Gasteiger partial charge in [0, 0.05) is 12.5 Å². The fourth-order valence-corrected chi connectivity index (χ4v) is 1.32. The van der Waals surface area contributed by atoms with Gasteiger partial charge in [-0.1, -0.05) is 13.8 Å². The van der Waals surface area contributed by atoms with Crippen molar-refractivity contribution in [3.8, 4) is 0 Å². The molecule has 0 aliphatic rings. The van der Waals surface area contributed by atoms with E-state index in [1.54, 1.807) is 7.05 Å². The molecule has 0 spiro atoms. The highest BCUT2D eigenvalue weighted by Gasteiger charge is 2.11. The molecule has 4 N–H and O–H groups in total. The van der Waals surface area contributed by atoms with E-state index in [1.807, 2.05) is 13.8 Å². The molecule has 0 rings (SSSR count). The molecule has 0 saturated heterocycles. The number of amides is 2. The molecule has 0 aliphatic carbocycles. The van der Waals surface area contributed by atoms with E-state index in [1.165, 1.54) is 0 Å². The Morgan fingerprint density at radius 1 is 1.25 bits per heavy atom. The van der Waals surface area contributed by atoms with Gasteiger partial charge in [-0.25, -0.2) is 0 Å². The first kappa shape index (κ1) is 14.9. The smallest absolute Gasteiger partial charge is 0.234 e. The lowest BCUT2D eigenvalue weighted by atomic mass is 10.1. The number of primary amides is 1. The van der Waals surface area contributed by atoms with Gasteiger partial charge in [0.05, 0.1) is 6.04 Å². The van der Waals surface area contributed by atoms with E-state index >= 15 is 0 Å². The topological polar surface area (TPSA) is 84.2 Å². The summed E-state index contributed by atoms with van der Waals surface area (Å²) in [6.45, 7) is 4.38. The first-order valence-corrected chi connectivity index (χ1v) is 5.73. The van der Waals surface area contributed by atoms with Gasteiger partial charge in [0.25, 0.3) is 0 Å². The van der Waals surface area contributed by atoms with Crippen LogP contribution in [0.1, 0.15) is 33.1 Å². The third kappa shape index (κ3) is 6.40. The van der Waals surface area contributed by atoms with Crippen molar-refractivity contribution in [2.75, 3.05) is 13.6 Å². The number of nitrogens with one attached hydrogen (secondary N) is 2. The number of nitrogens with two attached hydrogens (primary N) is 1. The summed E-state index contributed by atoms with van der Waals surface area (Å²) in [5.74, 6) is -0.232. The van der Waals surface area contributed by atoms with E-state index in [0.717, 1.165) is 12.8 Å². The third-order valence-electron chi connectivity index (χ3n) is 2.44. The summed E-state index contributed by atoms with van der Waals surface area (Å²) >= 11 is 0. The van der Waals surface area contributed by atoms with Gasteiger partial charge in [-0.05, 0) is 26.3 Å². The highest BCUT2D eigenvalue weighted by atomic mass is 16.2. The fraction of sp³-hybridized carbons (Fsp3) is 0.818. The average Bonchev–Trinajstić information content (AvgIpc) is 2.22. The number of hydrogen-bond donors (Lipinski definition) is 3. The summed E-state index contributed by atoms with van der Waals surface area (Å²) in [5, 5.41) is 5.69. The Labute approximate surface area is 97.2 Å². The van der Waals surface area contributed by atoms with Crippen molar-refractivity contribution in [1.29, 1.82) is 0 Å². The number of carbonyl (C=O) groups excluding carboxylic acids is 2. The van der Waals surface area contributed by atoms with Crippen LogP contribution < -0.4 is 16.4 Å². The number of hydrogen-bond acceptors (Lipinski definition) is 3. The summed E-state index contributed by atoms with van der Waals surface area (Å²) in [6.07, 6.45) is 2.44. The van der Waals surface area contributed by atoms with Crippen molar-refractivity contribution in [3.63, 3.8) is 0 Å². The Balaban J connectivity index is 3.53. The van der Waals surface area contributed by atoms with E-state index in [-0.39, 0.29) is 23.8 Å². The van der Waals surface area contributed by atoms with Crippen LogP contribution in [-0.2, 0) is 9.59 Å². The molecule has 0 aromatic carbocycles. The molecule has 0 bridgehead atoms. The Morgan fingerprint density at radius 2 is 1.88 bits per heavy atom. The minimum atomic E-state index is -0.325. The van der Waals surface area contributed by atoms with Gasteiger partial charge in [0.2, 0.25) is 11.8 Å². The molecule has 0 saturated carbocycles. The zero-order valence-electron chi connectivity index (χ0n) is 10.4. The van der Waals surface area contributed by atoms with Crippen LogP contribution in [0.25, 0.3) is 0 Å². The number of carbonyl (C=O) groups is 2. The summed E-state index contributed by atoms with van der Waals surface area (Å²) < 4.78 is 0. The van der Waals surface area contributed by atoms with E-state index in [9.17, 15) is 9.59 Å². The maximum atomic E-state index is 11.2. The molecule has 0 aromatic heterocycles. The Morgan fingerprint density at radius 3 is 2.31 bits per heavy atom. The SMILES string of the molecule is CNC(CCCCNC(=O)C(C)C)C(N)=O. The van der Waals surface area contributed by atoms with Crippen molar-refractivity contribution in [3.05, 3.63) is 0 Å². The fourth-order valence-electron chi connectivity index (χ4n) is 1.32. The highest BCUT2D eigenvalue weighted by Crippen LogP contribution is 2.00. The maximum absolute atomic E-state index is 11.2. The number of rotatable bonds is 8. The molecule has 2 amide bonds. The summed E-state index contributed by atoms with van der Waals surface area (Å²) in [5.41, 5.74) is 5.18. The molecule has 1 atom stereocenters. The van der Waals surface area contributed by atoms with Crippen molar-refractivity contribution in [2.24, 2.45) is 11.7 Å². The first-order chi connectivity index (χ1) is 7.49. The molecule has 0 heterocycles. The summed E-state index contributed by atoms with van der Waals surface area (Å²) in [6, 6.07) is -0.263. The van der Waals surface area contributed by atoms with Gasteiger partial charge in [0.15, 0.2) is 0 Å². The van der Waals surface area contributed by atoms with E-state index < -0.39 is 0 Å². The first-order valence-electron chi connectivity index (χ1n) is 5.73. The standard InChI is InChI=1S/C11H23N3O2/c1-8(2)11(16)14-7-5-4-6-9(13-3)10(12)15/h8-9,13H,4-7H2,1-3H3,(H2,12,15)(H,14,16). The van der Waals surface area contributed by atoms with Crippen LogP contribution in [0.4, 0.5) is 0 Å². The van der Waals surface area contributed by atoms with Gasteiger partial charge in [-0.15, -0.1) is 0 Å². The van der Waals surface area contributed by atoms with Crippen molar-refractivity contribution < 1.29 is 9.59 Å². The molecular formula is C11H23N3O2. The molecule has 0 aromatic rings. The van der Waals surface area contributed by atoms with Crippen LogP contribution in [0.5, 0.6) is 0 Å². The second-order valence-electron chi connectivity index (χ2n) is 4.19. The number of likely N-dealkylation sites (N-methyl/N-ethyl adjacent to an activating group) is 1. The van der Waals surface area contributed by atoms with Crippen molar-refractivity contribution in [1.82, 2.24) is 10.6 Å². The largest absolute Gasteiger partial charge is 0.368 e. The molecule has 5 heteroatoms. The molecular weight excluding hydrogens is 206 g/mol. The molecule has 16 heavy (non-hydrogen) atoms. The van der Waals surface area contributed by atoms with Crippen molar-refractivity contribution >= 4 is 11.8 Å². The van der Waals surface area contributed by atoms with Crippen LogP contribution in [0, 0.1) is 5.92 Å². The van der Waals surface area contributed by atoms with Gasteiger partial charge in [0.1, 0.15) is 0 Å². The van der Waals surface area contributed by atoms with Crippen LogP contribution in [-0.4, -0.2) is 31.4 Å². The number of unbranched alkanes of at least 4 members (excludes halogenated alkanes) is 1. The van der Waals surface area contributed by atoms with E-state index in [4.69, 9.17) is 5.73 Å². The highest BCUT2D eigenvalue weighted by molar-refractivity contribution is 5.79.